The van der Waals surface area contributed by atoms with Crippen LogP contribution in [0.25, 0.3) is 22.6 Å². The monoisotopic (exact) mass is 322 g/mol. The lowest BCUT2D eigenvalue weighted by atomic mass is 9.96. The second-order valence-corrected chi connectivity index (χ2v) is 7.27. The zero-order valence-corrected chi connectivity index (χ0v) is 14.8. The third-order valence-electron chi connectivity index (χ3n) is 3.83. The fourth-order valence-corrected chi connectivity index (χ4v) is 2.83. The molecule has 0 fully saturated rings. The molecule has 0 saturated carbocycles. The third-order valence-corrected chi connectivity index (χ3v) is 3.83. The minimum Gasteiger partial charge on any atom is -0.244 e. The van der Waals surface area contributed by atoms with Crippen molar-refractivity contribution in [3.05, 3.63) is 41.9 Å². The predicted molar refractivity (Wildman–Crippen MR) is 93.2 cm³/mol. The molecule has 0 N–H and O–H groups in total. The average molecular weight is 322 g/mol. The molecular formula is C18H22N6. The minimum absolute atomic E-state index is 0.0680. The van der Waals surface area contributed by atoms with Gasteiger partial charge in [0.1, 0.15) is 6.33 Å². The number of aryl methyl sites for hydroxylation is 2. The molecule has 0 spiro atoms. The second kappa shape index (κ2) is 6.11. The SMILES string of the molecule is Cc1cccc(C)c1-c1ncncc1-c1nnnn1CC(C)(C)C. The summed E-state index contributed by atoms with van der Waals surface area (Å²) in [6.45, 7) is 11.4. The minimum atomic E-state index is 0.0680. The highest BCUT2D eigenvalue weighted by Crippen LogP contribution is 2.33. The van der Waals surface area contributed by atoms with Crippen LogP contribution >= 0.6 is 0 Å². The standard InChI is InChI=1S/C18H22N6/c1-12-7-6-8-13(2)15(12)16-14(9-19-11-20-16)17-21-22-23-24(17)10-18(3,4)5/h6-9,11H,10H2,1-5H3. The molecule has 0 aliphatic rings. The van der Waals surface area contributed by atoms with Gasteiger partial charge >= 0.3 is 0 Å². The number of rotatable bonds is 3. The van der Waals surface area contributed by atoms with Crippen molar-refractivity contribution in [1.29, 1.82) is 0 Å². The summed E-state index contributed by atoms with van der Waals surface area (Å²) in [5.41, 5.74) is 5.24. The Hall–Kier alpha value is -2.63. The largest absolute Gasteiger partial charge is 0.244 e. The van der Waals surface area contributed by atoms with Crippen LogP contribution in [0.2, 0.25) is 0 Å². The highest BCUT2D eigenvalue weighted by Gasteiger charge is 2.21. The van der Waals surface area contributed by atoms with E-state index in [1.807, 2.05) is 4.68 Å². The van der Waals surface area contributed by atoms with Gasteiger partial charge in [0.25, 0.3) is 0 Å². The number of hydrogen-bond acceptors (Lipinski definition) is 5. The van der Waals surface area contributed by atoms with E-state index in [0.717, 1.165) is 23.4 Å². The maximum absolute atomic E-state index is 4.54. The zero-order valence-electron chi connectivity index (χ0n) is 14.8. The molecule has 24 heavy (non-hydrogen) atoms. The smallest absolute Gasteiger partial charge is 0.185 e. The lowest BCUT2D eigenvalue weighted by molar-refractivity contribution is 0.323. The molecule has 2 heterocycles. The highest BCUT2D eigenvalue weighted by molar-refractivity contribution is 5.80. The highest BCUT2D eigenvalue weighted by atomic mass is 15.5. The molecule has 0 saturated heterocycles. The fraction of sp³-hybridized carbons (Fsp3) is 0.389. The van der Waals surface area contributed by atoms with E-state index in [2.05, 4.69) is 78.3 Å². The lowest BCUT2D eigenvalue weighted by Crippen LogP contribution is -2.17. The Morgan fingerprint density at radius 1 is 1.08 bits per heavy atom. The fourth-order valence-electron chi connectivity index (χ4n) is 2.83. The van der Waals surface area contributed by atoms with Gasteiger partial charge in [0.15, 0.2) is 5.82 Å². The van der Waals surface area contributed by atoms with Gasteiger partial charge in [-0.05, 0) is 40.8 Å². The van der Waals surface area contributed by atoms with Crippen molar-refractivity contribution in [2.75, 3.05) is 0 Å². The van der Waals surface area contributed by atoms with E-state index >= 15 is 0 Å². The molecule has 124 valence electrons. The van der Waals surface area contributed by atoms with Crippen molar-refractivity contribution in [3.8, 4) is 22.6 Å². The van der Waals surface area contributed by atoms with Gasteiger partial charge in [-0.1, -0.05) is 39.0 Å². The first kappa shape index (κ1) is 16.2. The van der Waals surface area contributed by atoms with Crippen LogP contribution in [0.5, 0.6) is 0 Å². The summed E-state index contributed by atoms with van der Waals surface area (Å²) in [7, 11) is 0. The van der Waals surface area contributed by atoms with Crippen molar-refractivity contribution in [2.45, 2.75) is 41.2 Å². The number of nitrogens with zero attached hydrogens (tertiary/aromatic N) is 6. The maximum Gasteiger partial charge on any atom is 0.185 e. The van der Waals surface area contributed by atoms with Crippen LogP contribution < -0.4 is 0 Å². The predicted octanol–water partition coefficient (Wildman–Crippen LogP) is 3.46. The molecule has 6 heteroatoms. The van der Waals surface area contributed by atoms with Gasteiger partial charge in [0, 0.05) is 18.3 Å². The van der Waals surface area contributed by atoms with Crippen LogP contribution in [0.1, 0.15) is 31.9 Å². The van der Waals surface area contributed by atoms with Crippen molar-refractivity contribution in [3.63, 3.8) is 0 Å². The summed E-state index contributed by atoms with van der Waals surface area (Å²) in [6.07, 6.45) is 3.36. The van der Waals surface area contributed by atoms with Gasteiger partial charge < -0.3 is 0 Å². The summed E-state index contributed by atoms with van der Waals surface area (Å²) in [5.74, 6) is 0.697. The Kier molecular flexibility index (Phi) is 4.13. The molecule has 0 amide bonds. The Labute approximate surface area is 142 Å². The van der Waals surface area contributed by atoms with Crippen molar-refractivity contribution in [2.24, 2.45) is 5.41 Å². The lowest BCUT2D eigenvalue weighted by Gasteiger charge is -2.19. The number of aromatic nitrogens is 6. The molecule has 6 nitrogen and oxygen atoms in total. The molecule has 3 aromatic rings. The first-order chi connectivity index (χ1) is 11.4. The van der Waals surface area contributed by atoms with E-state index in [4.69, 9.17) is 0 Å². The van der Waals surface area contributed by atoms with Crippen LogP contribution in [-0.4, -0.2) is 30.2 Å². The van der Waals surface area contributed by atoms with Gasteiger partial charge in [0.2, 0.25) is 0 Å². The molecule has 2 aromatic heterocycles. The average Bonchev–Trinajstić information content (AvgIpc) is 2.93. The summed E-state index contributed by atoms with van der Waals surface area (Å²) in [6, 6.07) is 6.23. The van der Waals surface area contributed by atoms with Gasteiger partial charge in [-0.3, -0.25) is 0 Å². The zero-order chi connectivity index (χ0) is 17.3. The van der Waals surface area contributed by atoms with Crippen LogP contribution in [0.3, 0.4) is 0 Å². The Bertz CT molecular complexity index is 840. The number of hydrogen-bond donors (Lipinski definition) is 0. The van der Waals surface area contributed by atoms with E-state index in [-0.39, 0.29) is 5.41 Å². The molecule has 0 atom stereocenters. The number of benzene rings is 1. The first-order valence-corrected chi connectivity index (χ1v) is 8.00. The van der Waals surface area contributed by atoms with Crippen molar-refractivity contribution < 1.29 is 0 Å². The van der Waals surface area contributed by atoms with Gasteiger partial charge in [-0.2, -0.15) is 0 Å². The van der Waals surface area contributed by atoms with Crippen LogP contribution in [0.15, 0.2) is 30.7 Å². The molecule has 0 bridgehead atoms. The maximum atomic E-state index is 4.54. The van der Waals surface area contributed by atoms with E-state index in [9.17, 15) is 0 Å². The number of tetrazole rings is 1. The van der Waals surface area contributed by atoms with Gasteiger partial charge in [-0.15, -0.1) is 5.10 Å². The second-order valence-electron chi connectivity index (χ2n) is 7.27. The Morgan fingerprint density at radius 3 is 2.46 bits per heavy atom. The molecule has 0 aliphatic heterocycles. The quantitative estimate of drug-likeness (QED) is 0.738. The van der Waals surface area contributed by atoms with Crippen molar-refractivity contribution >= 4 is 0 Å². The van der Waals surface area contributed by atoms with Crippen molar-refractivity contribution in [1.82, 2.24) is 30.2 Å². The third kappa shape index (κ3) is 3.18. The van der Waals surface area contributed by atoms with Crippen LogP contribution in [0, 0.1) is 19.3 Å². The summed E-state index contributed by atoms with van der Waals surface area (Å²) in [4.78, 5) is 8.75. The molecule has 3 rings (SSSR count). The first-order valence-electron chi connectivity index (χ1n) is 8.00. The molecule has 0 unspecified atom stereocenters. The van der Waals surface area contributed by atoms with E-state index in [1.54, 1.807) is 12.5 Å². The van der Waals surface area contributed by atoms with E-state index in [0.29, 0.717) is 5.82 Å². The Balaban J connectivity index is 2.17. The summed E-state index contributed by atoms with van der Waals surface area (Å²) < 4.78 is 1.83. The molecule has 1 aromatic carbocycles. The summed E-state index contributed by atoms with van der Waals surface area (Å²) in [5, 5.41) is 12.3. The topological polar surface area (TPSA) is 69.4 Å². The Morgan fingerprint density at radius 2 is 1.79 bits per heavy atom. The van der Waals surface area contributed by atoms with Crippen LogP contribution in [0.4, 0.5) is 0 Å². The van der Waals surface area contributed by atoms with Crippen LogP contribution in [-0.2, 0) is 6.54 Å². The molecule has 0 aliphatic carbocycles. The van der Waals surface area contributed by atoms with E-state index in [1.165, 1.54) is 11.1 Å². The summed E-state index contributed by atoms with van der Waals surface area (Å²) >= 11 is 0. The van der Waals surface area contributed by atoms with E-state index < -0.39 is 0 Å². The molecular weight excluding hydrogens is 300 g/mol. The van der Waals surface area contributed by atoms with Gasteiger partial charge in [0.05, 0.1) is 11.3 Å². The van der Waals surface area contributed by atoms with Gasteiger partial charge in [-0.25, -0.2) is 14.6 Å². The molecule has 0 radical (unpaired) electrons. The normalized spacial score (nSPS) is 11.7.